The molecule has 4 rings (SSSR count). The molecule has 3 aliphatic heterocycles. The summed E-state index contributed by atoms with van der Waals surface area (Å²) in [6.07, 6.45) is 2.29. The minimum Gasteiger partial charge on any atom is -0.508 e. The first-order chi connectivity index (χ1) is 9.22. The van der Waals surface area contributed by atoms with Crippen molar-refractivity contribution in [2.24, 2.45) is 11.0 Å². The Kier molecular flexibility index (Phi) is 3.21. The van der Waals surface area contributed by atoms with Gasteiger partial charge in [0, 0.05) is 18.0 Å². The lowest BCUT2D eigenvalue weighted by atomic mass is 9.87. The van der Waals surface area contributed by atoms with Crippen LogP contribution in [0, 0.1) is 5.92 Å². The molecule has 2 bridgehead atoms. The third-order valence-electron chi connectivity index (χ3n) is 3.87. The zero-order valence-corrected chi connectivity index (χ0v) is 10.7. The summed E-state index contributed by atoms with van der Waals surface area (Å²) in [4.78, 5) is 14.3. The zero-order chi connectivity index (χ0) is 13.2. The molecule has 1 aromatic rings. The van der Waals surface area contributed by atoms with Crippen molar-refractivity contribution >= 4 is 11.6 Å². The molecule has 1 amide bonds. The Bertz CT molecular complexity index is 502. The van der Waals surface area contributed by atoms with Gasteiger partial charge in [-0.2, -0.15) is 5.10 Å². The number of nitrogens with zero attached hydrogens (tertiary/aromatic N) is 2. The fourth-order valence-corrected chi connectivity index (χ4v) is 2.71. The molecule has 3 fully saturated rings. The number of benzene rings is 1. The number of fused-ring (bicyclic) bond motifs is 3. The van der Waals surface area contributed by atoms with Crippen molar-refractivity contribution < 1.29 is 9.90 Å². The predicted octanol–water partition coefficient (Wildman–Crippen LogP) is 1.20. The minimum atomic E-state index is -0.232. The van der Waals surface area contributed by atoms with E-state index >= 15 is 0 Å². The molecule has 5 heteroatoms. The van der Waals surface area contributed by atoms with Gasteiger partial charge in [-0.25, -0.2) is 5.43 Å². The molecule has 19 heavy (non-hydrogen) atoms. The molecule has 2 N–H and O–H groups in total. The summed E-state index contributed by atoms with van der Waals surface area (Å²) in [5.41, 5.74) is 4.20. The van der Waals surface area contributed by atoms with Crippen molar-refractivity contribution in [3.63, 3.8) is 0 Å². The molecule has 3 saturated heterocycles. The quantitative estimate of drug-likeness (QED) is 0.784. The Morgan fingerprint density at radius 3 is 2.53 bits per heavy atom. The van der Waals surface area contributed by atoms with Gasteiger partial charge in [0.15, 0.2) is 0 Å². The van der Waals surface area contributed by atoms with Gasteiger partial charge >= 0.3 is 0 Å². The minimum absolute atomic E-state index is 0.153. The van der Waals surface area contributed by atoms with Crippen LogP contribution in [-0.2, 0) is 0 Å². The Balaban J connectivity index is 1.65. The first-order valence-corrected chi connectivity index (χ1v) is 6.60. The van der Waals surface area contributed by atoms with Crippen molar-refractivity contribution in [2.45, 2.75) is 12.8 Å². The van der Waals surface area contributed by atoms with Crippen LogP contribution in [0.25, 0.3) is 0 Å². The van der Waals surface area contributed by atoms with Gasteiger partial charge in [-0.15, -0.1) is 0 Å². The van der Waals surface area contributed by atoms with Crippen LogP contribution in [0.4, 0.5) is 0 Å². The molecule has 5 nitrogen and oxygen atoms in total. The van der Waals surface area contributed by atoms with E-state index in [9.17, 15) is 9.90 Å². The van der Waals surface area contributed by atoms with Gasteiger partial charge in [-0.05, 0) is 50.2 Å². The van der Waals surface area contributed by atoms with Gasteiger partial charge in [0.2, 0.25) is 0 Å². The first-order valence-electron chi connectivity index (χ1n) is 6.60. The Morgan fingerprint density at radius 2 is 1.95 bits per heavy atom. The molecule has 3 aliphatic rings. The lowest BCUT2D eigenvalue weighted by Gasteiger charge is -2.39. The second kappa shape index (κ2) is 5.01. The molecule has 0 spiro atoms. The van der Waals surface area contributed by atoms with E-state index < -0.39 is 0 Å². The second-order valence-electron chi connectivity index (χ2n) is 5.14. The Labute approximate surface area is 111 Å². The number of amides is 1. The number of rotatable bonds is 2. The van der Waals surface area contributed by atoms with E-state index in [0.29, 0.717) is 11.5 Å². The van der Waals surface area contributed by atoms with Crippen LogP contribution in [0.2, 0.25) is 0 Å². The van der Waals surface area contributed by atoms with Gasteiger partial charge in [-0.1, -0.05) is 0 Å². The normalized spacial score (nSPS) is 27.5. The number of hydrazone groups is 1. The summed E-state index contributed by atoms with van der Waals surface area (Å²) in [5, 5.41) is 13.5. The zero-order valence-electron chi connectivity index (χ0n) is 10.7. The first kappa shape index (κ1) is 12.2. The Morgan fingerprint density at radius 1 is 1.26 bits per heavy atom. The lowest BCUT2D eigenvalue weighted by Crippen LogP contribution is -2.48. The fraction of sp³-hybridized carbons (Fsp3) is 0.429. The highest BCUT2D eigenvalue weighted by atomic mass is 16.3. The van der Waals surface area contributed by atoms with E-state index in [0.717, 1.165) is 38.2 Å². The van der Waals surface area contributed by atoms with Gasteiger partial charge in [0.25, 0.3) is 5.91 Å². The standard InChI is InChI=1S/C14H17N3O2/c18-12-3-1-11(2-4-12)14(19)16-15-13-9-17-7-5-10(13)6-8-17/h1-4,10,18H,5-9H2,(H,16,19). The average Bonchev–Trinajstić information content (AvgIpc) is 2.47. The molecule has 1 aromatic carbocycles. The fourth-order valence-electron chi connectivity index (χ4n) is 2.71. The Hall–Kier alpha value is -1.88. The molecule has 0 aliphatic carbocycles. The smallest absolute Gasteiger partial charge is 0.271 e. The van der Waals surface area contributed by atoms with Gasteiger partial charge < -0.3 is 5.11 Å². The molecule has 0 atom stereocenters. The number of nitrogens with one attached hydrogen (secondary N) is 1. The van der Waals surface area contributed by atoms with Crippen LogP contribution in [0.15, 0.2) is 29.4 Å². The molecular formula is C14H17N3O2. The molecule has 3 heterocycles. The van der Waals surface area contributed by atoms with Gasteiger partial charge in [-0.3, -0.25) is 9.69 Å². The summed E-state index contributed by atoms with van der Waals surface area (Å²) in [6.45, 7) is 3.17. The summed E-state index contributed by atoms with van der Waals surface area (Å²) in [5.74, 6) is 0.453. The molecule has 0 unspecified atom stereocenters. The summed E-state index contributed by atoms with van der Waals surface area (Å²) in [7, 11) is 0. The number of aromatic hydroxyl groups is 1. The topological polar surface area (TPSA) is 64.9 Å². The molecular weight excluding hydrogens is 242 g/mol. The van der Waals surface area contributed by atoms with Crippen LogP contribution < -0.4 is 5.43 Å². The summed E-state index contributed by atoms with van der Waals surface area (Å²) in [6, 6.07) is 6.16. The van der Waals surface area contributed by atoms with Gasteiger partial charge in [0.05, 0.1) is 5.71 Å². The van der Waals surface area contributed by atoms with Crippen LogP contribution in [-0.4, -0.2) is 41.3 Å². The highest BCUT2D eigenvalue weighted by molar-refractivity contribution is 5.96. The van der Waals surface area contributed by atoms with E-state index in [1.165, 1.54) is 12.1 Å². The van der Waals surface area contributed by atoms with E-state index in [1.54, 1.807) is 12.1 Å². The van der Waals surface area contributed by atoms with Crippen molar-refractivity contribution in [1.82, 2.24) is 10.3 Å². The average molecular weight is 259 g/mol. The maximum absolute atomic E-state index is 11.9. The van der Waals surface area contributed by atoms with Crippen LogP contribution >= 0.6 is 0 Å². The number of carbonyl (C=O) groups excluding carboxylic acids is 1. The highest BCUT2D eigenvalue weighted by Gasteiger charge is 2.30. The molecule has 0 aromatic heterocycles. The molecule has 100 valence electrons. The number of hydrogen-bond donors (Lipinski definition) is 2. The number of phenols is 1. The maximum atomic E-state index is 11.9. The highest BCUT2D eigenvalue weighted by Crippen LogP contribution is 2.24. The number of carbonyl (C=O) groups is 1. The molecule has 0 radical (unpaired) electrons. The van der Waals surface area contributed by atoms with E-state index in [1.807, 2.05) is 0 Å². The number of hydrogen-bond acceptors (Lipinski definition) is 4. The van der Waals surface area contributed by atoms with Crippen LogP contribution in [0.5, 0.6) is 5.75 Å². The van der Waals surface area contributed by atoms with Crippen molar-refractivity contribution in [2.75, 3.05) is 19.6 Å². The van der Waals surface area contributed by atoms with Crippen molar-refractivity contribution in [3.05, 3.63) is 29.8 Å². The largest absolute Gasteiger partial charge is 0.508 e. The van der Waals surface area contributed by atoms with E-state index in [2.05, 4.69) is 15.4 Å². The predicted molar refractivity (Wildman–Crippen MR) is 72.2 cm³/mol. The SMILES string of the molecule is O=C(NN=C1CN2CCC1CC2)c1ccc(O)cc1. The maximum Gasteiger partial charge on any atom is 0.271 e. The van der Waals surface area contributed by atoms with Crippen molar-refractivity contribution in [1.29, 1.82) is 0 Å². The third-order valence-corrected chi connectivity index (χ3v) is 3.87. The monoisotopic (exact) mass is 259 g/mol. The van der Waals surface area contributed by atoms with E-state index in [4.69, 9.17) is 0 Å². The lowest BCUT2D eigenvalue weighted by molar-refractivity contribution is 0.0953. The number of phenolic OH excluding ortho intramolecular Hbond substituents is 1. The summed E-state index contributed by atoms with van der Waals surface area (Å²) < 4.78 is 0. The second-order valence-corrected chi connectivity index (χ2v) is 5.14. The van der Waals surface area contributed by atoms with Crippen LogP contribution in [0.1, 0.15) is 23.2 Å². The van der Waals surface area contributed by atoms with Crippen molar-refractivity contribution in [3.8, 4) is 5.75 Å². The van der Waals surface area contributed by atoms with Crippen LogP contribution in [0.3, 0.4) is 0 Å². The third kappa shape index (κ3) is 2.61. The number of piperidine rings is 3. The van der Waals surface area contributed by atoms with Gasteiger partial charge in [0.1, 0.15) is 5.75 Å². The molecule has 0 saturated carbocycles. The van der Waals surface area contributed by atoms with E-state index in [-0.39, 0.29) is 11.7 Å². The summed E-state index contributed by atoms with van der Waals surface area (Å²) >= 11 is 0.